The molecule has 0 bridgehead atoms. The second-order valence-electron chi connectivity index (χ2n) is 3.34. The average Bonchev–Trinajstić information content (AvgIpc) is 2.29. The molecule has 2 nitrogen and oxygen atoms in total. The van der Waals surface area contributed by atoms with Gasteiger partial charge in [-0.25, -0.2) is 0 Å². The first-order valence-electron chi connectivity index (χ1n) is 4.88. The molecule has 0 aliphatic heterocycles. The van der Waals surface area contributed by atoms with Crippen molar-refractivity contribution < 1.29 is 4.79 Å². The van der Waals surface area contributed by atoms with Gasteiger partial charge in [-0.15, -0.1) is 11.6 Å². The lowest BCUT2D eigenvalue weighted by Gasteiger charge is -2.17. The highest BCUT2D eigenvalue weighted by Crippen LogP contribution is 2.26. The van der Waals surface area contributed by atoms with Crippen molar-refractivity contribution in [2.24, 2.45) is 0 Å². The van der Waals surface area contributed by atoms with E-state index in [0.717, 1.165) is 12.0 Å². The number of alkyl halides is 1. The molecule has 1 aromatic carbocycles. The van der Waals surface area contributed by atoms with Crippen LogP contribution in [0, 0.1) is 0 Å². The Labute approximate surface area is 110 Å². The predicted octanol–water partition coefficient (Wildman–Crippen LogP) is 3.80. The van der Waals surface area contributed by atoms with Crippen LogP contribution < -0.4 is 5.32 Å². The SMILES string of the molecule is CCC(NC(=O)CCl)c1ccc(Cl)c(Cl)c1. The van der Waals surface area contributed by atoms with Crippen molar-refractivity contribution in [1.82, 2.24) is 5.32 Å². The Bertz CT molecular complexity index is 381. The fourth-order valence-electron chi connectivity index (χ4n) is 1.38. The number of benzene rings is 1. The normalized spacial score (nSPS) is 12.2. The molecule has 0 heterocycles. The van der Waals surface area contributed by atoms with E-state index in [4.69, 9.17) is 34.8 Å². The monoisotopic (exact) mass is 279 g/mol. The van der Waals surface area contributed by atoms with Crippen LogP contribution in [-0.2, 0) is 4.79 Å². The molecule has 0 aromatic heterocycles. The van der Waals surface area contributed by atoms with E-state index < -0.39 is 0 Å². The Morgan fingerprint density at radius 3 is 2.56 bits per heavy atom. The van der Waals surface area contributed by atoms with Gasteiger partial charge in [0.15, 0.2) is 0 Å². The van der Waals surface area contributed by atoms with Crippen LogP contribution in [0.3, 0.4) is 0 Å². The van der Waals surface area contributed by atoms with E-state index in [1.807, 2.05) is 13.0 Å². The number of hydrogen-bond acceptors (Lipinski definition) is 1. The number of amides is 1. The maximum absolute atomic E-state index is 11.2. The highest BCUT2D eigenvalue weighted by Gasteiger charge is 2.13. The standard InChI is InChI=1S/C11H12Cl3NO/c1-2-10(15-11(16)6-12)7-3-4-8(13)9(14)5-7/h3-5,10H,2,6H2,1H3,(H,15,16). The average molecular weight is 281 g/mol. The zero-order valence-electron chi connectivity index (χ0n) is 8.77. The number of nitrogens with one attached hydrogen (secondary N) is 1. The molecule has 0 spiro atoms. The lowest BCUT2D eigenvalue weighted by molar-refractivity contribution is -0.119. The Morgan fingerprint density at radius 1 is 1.38 bits per heavy atom. The van der Waals surface area contributed by atoms with Crippen LogP contribution >= 0.6 is 34.8 Å². The third kappa shape index (κ3) is 3.55. The minimum atomic E-state index is -0.195. The van der Waals surface area contributed by atoms with E-state index in [9.17, 15) is 4.79 Å². The Balaban J connectivity index is 2.86. The molecule has 1 atom stereocenters. The smallest absolute Gasteiger partial charge is 0.235 e. The summed E-state index contributed by atoms with van der Waals surface area (Å²) in [5.41, 5.74) is 0.926. The van der Waals surface area contributed by atoms with Crippen LogP contribution in [0.2, 0.25) is 10.0 Å². The highest BCUT2D eigenvalue weighted by atomic mass is 35.5. The van der Waals surface area contributed by atoms with Crippen molar-refractivity contribution >= 4 is 40.7 Å². The maximum Gasteiger partial charge on any atom is 0.235 e. The van der Waals surface area contributed by atoms with E-state index in [0.29, 0.717) is 10.0 Å². The fourth-order valence-corrected chi connectivity index (χ4v) is 1.77. The van der Waals surface area contributed by atoms with Crippen LogP contribution in [0.1, 0.15) is 24.9 Å². The molecular formula is C11H12Cl3NO. The van der Waals surface area contributed by atoms with Gasteiger partial charge in [-0.2, -0.15) is 0 Å². The molecule has 1 aromatic rings. The summed E-state index contributed by atoms with van der Waals surface area (Å²) < 4.78 is 0. The van der Waals surface area contributed by atoms with Crippen LogP contribution in [-0.4, -0.2) is 11.8 Å². The van der Waals surface area contributed by atoms with Crippen LogP contribution in [0.4, 0.5) is 0 Å². The fraction of sp³-hybridized carbons (Fsp3) is 0.364. The van der Waals surface area contributed by atoms with Crippen molar-refractivity contribution in [2.45, 2.75) is 19.4 Å². The molecule has 1 unspecified atom stereocenters. The Kier molecular flexibility index (Phi) is 5.39. The van der Waals surface area contributed by atoms with Crippen molar-refractivity contribution in [1.29, 1.82) is 0 Å². The Morgan fingerprint density at radius 2 is 2.06 bits per heavy atom. The van der Waals surface area contributed by atoms with E-state index in [1.54, 1.807) is 12.1 Å². The zero-order chi connectivity index (χ0) is 12.1. The molecule has 1 N–H and O–H groups in total. The lowest BCUT2D eigenvalue weighted by atomic mass is 10.0. The molecular weight excluding hydrogens is 268 g/mol. The van der Waals surface area contributed by atoms with Gasteiger partial charge in [0, 0.05) is 0 Å². The largest absolute Gasteiger partial charge is 0.348 e. The highest BCUT2D eigenvalue weighted by molar-refractivity contribution is 6.42. The molecule has 88 valence electrons. The summed E-state index contributed by atoms with van der Waals surface area (Å²) in [5, 5.41) is 3.79. The molecule has 16 heavy (non-hydrogen) atoms. The number of halogens is 3. The second kappa shape index (κ2) is 6.33. The maximum atomic E-state index is 11.2. The van der Waals surface area contributed by atoms with Crippen molar-refractivity contribution in [2.75, 3.05) is 5.88 Å². The van der Waals surface area contributed by atoms with Gasteiger partial charge in [0.1, 0.15) is 5.88 Å². The van der Waals surface area contributed by atoms with Gasteiger partial charge in [-0.3, -0.25) is 4.79 Å². The van der Waals surface area contributed by atoms with Crippen LogP contribution in [0.25, 0.3) is 0 Å². The molecule has 0 saturated carbocycles. The summed E-state index contributed by atoms with van der Waals surface area (Å²) in [7, 11) is 0. The van der Waals surface area contributed by atoms with Gasteiger partial charge < -0.3 is 5.32 Å². The van der Waals surface area contributed by atoms with E-state index in [-0.39, 0.29) is 17.8 Å². The third-order valence-corrected chi connectivity index (χ3v) is 3.19. The summed E-state index contributed by atoms with van der Waals surface area (Å²) in [6, 6.07) is 5.24. The van der Waals surface area contributed by atoms with Gasteiger partial charge in [0.05, 0.1) is 16.1 Å². The van der Waals surface area contributed by atoms with E-state index in [2.05, 4.69) is 5.32 Å². The second-order valence-corrected chi connectivity index (χ2v) is 4.42. The molecule has 0 aliphatic carbocycles. The molecule has 0 saturated heterocycles. The first-order valence-corrected chi connectivity index (χ1v) is 6.17. The van der Waals surface area contributed by atoms with Crippen molar-refractivity contribution in [3.8, 4) is 0 Å². The summed E-state index contributed by atoms with van der Waals surface area (Å²) >= 11 is 17.2. The summed E-state index contributed by atoms with van der Waals surface area (Å²) in [6.45, 7) is 1.97. The topological polar surface area (TPSA) is 29.1 Å². The molecule has 5 heteroatoms. The Hall–Kier alpha value is -0.440. The summed E-state index contributed by atoms with van der Waals surface area (Å²) in [4.78, 5) is 11.2. The van der Waals surface area contributed by atoms with E-state index >= 15 is 0 Å². The van der Waals surface area contributed by atoms with Gasteiger partial charge in [0.25, 0.3) is 0 Å². The molecule has 0 fully saturated rings. The van der Waals surface area contributed by atoms with Gasteiger partial charge in [0.2, 0.25) is 5.91 Å². The molecule has 0 radical (unpaired) electrons. The third-order valence-electron chi connectivity index (χ3n) is 2.21. The van der Waals surface area contributed by atoms with Gasteiger partial charge in [-0.05, 0) is 24.1 Å². The van der Waals surface area contributed by atoms with Gasteiger partial charge in [-0.1, -0.05) is 36.2 Å². The lowest BCUT2D eigenvalue weighted by Crippen LogP contribution is -2.28. The number of carbonyl (C=O) groups is 1. The minimum absolute atomic E-state index is 0.0438. The molecule has 1 amide bonds. The summed E-state index contributed by atoms with van der Waals surface area (Å²) in [6.07, 6.45) is 0.764. The van der Waals surface area contributed by atoms with Crippen molar-refractivity contribution in [3.63, 3.8) is 0 Å². The minimum Gasteiger partial charge on any atom is -0.348 e. The quantitative estimate of drug-likeness (QED) is 0.835. The number of rotatable bonds is 4. The first-order chi connectivity index (χ1) is 7.58. The van der Waals surface area contributed by atoms with Crippen LogP contribution in [0.5, 0.6) is 0 Å². The molecule has 1 rings (SSSR count). The van der Waals surface area contributed by atoms with Crippen molar-refractivity contribution in [3.05, 3.63) is 33.8 Å². The first kappa shape index (κ1) is 13.6. The predicted molar refractivity (Wildman–Crippen MR) is 68.4 cm³/mol. The zero-order valence-corrected chi connectivity index (χ0v) is 11.0. The summed E-state index contributed by atoms with van der Waals surface area (Å²) in [5.74, 6) is -0.239. The number of carbonyl (C=O) groups excluding carboxylic acids is 1. The van der Waals surface area contributed by atoms with E-state index in [1.165, 1.54) is 0 Å². The van der Waals surface area contributed by atoms with Gasteiger partial charge >= 0.3 is 0 Å². The van der Waals surface area contributed by atoms with Crippen LogP contribution in [0.15, 0.2) is 18.2 Å². The number of hydrogen-bond donors (Lipinski definition) is 1. The molecule has 0 aliphatic rings.